The van der Waals surface area contributed by atoms with E-state index in [4.69, 9.17) is 4.74 Å². The normalized spacial score (nSPS) is 23.1. The number of nitrogens with zero attached hydrogens (tertiary/aromatic N) is 2. The molecule has 2 aromatic rings. The predicted octanol–water partition coefficient (Wildman–Crippen LogP) is 2.77. The molecule has 0 bridgehead atoms. The highest BCUT2D eigenvalue weighted by Gasteiger charge is 2.39. The molecule has 3 aliphatic rings. The van der Waals surface area contributed by atoms with E-state index in [-0.39, 0.29) is 24.3 Å². The molecular weight excluding hydrogens is 444 g/mol. The first-order chi connectivity index (χ1) is 16.4. The molecular formula is C25H25F2N3O4. The average molecular weight is 469 g/mol. The summed E-state index contributed by atoms with van der Waals surface area (Å²) in [6.07, 6.45) is 2.26. The van der Waals surface area contributed by atoms with Crippen molar-refractivity contribution in [2.45, 2.75) is 50.9 Å². The van der Waals surface area contributed by atoms with Crippen LogP contribution < -0.4 is 10.1 Å². The molecule has 3 amide bonds. The third-order valence-corrected chi connectivity index (χ3v) is 6.65. The highest BCUT2D eigenvalue weighted by atomic mass is 19.2. The Morgan fingerprint density at radius 3 is 2.68 bits per heavy atom. The van der Waals surface area contributed by atoms with Crippen molar-refractivity contribution < 1.29 is 27.9 Å². The van der Waals surface area contributed by atoms with E-state index in [9.17, 15) is 23.2 Å². The van der Waals surface area contributed by atoms with Crippen LogP contribution in [0.1, 0.15) is 47.2 Å². The van der Waals surface area contributed by atoms with Crippen LogP contribution in [0.4, 0.5) is 8.78 Å². The van der Waals surface area contributed by atoms with Crippen molar-refractivity contribution >= 4 is 17.7 Å². The van der Waals surface area contributed by atoms with Crippen LogP contribution in [-0.4, -0.2) is 52.8 Å². The van der Waals surface area contributed by atoms with Crippen LogP contribution in [0.25, 0.3) is 0 Å². The minimum absolute atomic E-state index is 0.0690. The van der Waals surface area contributed by atoms with Crippen molar-refractivity contribution in [2.75, 3.05) is 13.1 Å². The Morgan fingerprint density at radius 1 is 1.03 bits per heavy atom. The number of likely N-dealkylation sites (tertiary alicyclic amines) is 1. The van der Waals surface area contributed by atoms with Crippen LogP contribution in [0.15, 0.2) is 36.4 Å². The molecule has 1 N–H and O–H groups in total. The Labute approximate surface area is 195 Å². The van der Waals surface area contributed by atoms with Crippen molar-refractivity contribution in [1.29, 1.82) is 0 Å². The van der Waals surface area contributed by atoms with Crippen LogP contribution in [0.5, 0.6) is 5.75 Å². The molecule has 2 atom stereocenters. The maximum atomic E-state index is 13.5. The van der Waals surface area contributed by atoms with Crippen molar-refractivity contribution in [3.8, 4) is 5.75 Å². The summed E-state index contributed by atoms with van der Waals surface area (Å²) >= 11 is 0. The molecule has 0 saturated carbocycles. The molecule has 0 radical (unpaired) electrons. The molecule has 5 rings (SSSR count). The molecule has 0 aliphatic carbocycles. The Morgan fingerprint density at radius 2 is 1.88 bits per heavy atom. The Kier molecular flexibility index (Phi) is 6.03. The quantitative estimate of drug-likeness (QED) is 0.682. The van der Waals surface area contributed by atoms with Gasteiger partial charge in [-0.3, -0.25) is 24.6 Å². The minimum atomic E-state index is -0.852. The van der Waals surface area contributed by atoms with Gasteiger partial charge in [0, 0.05) is 31.6 Å². The second-order valence-corrected chi connectivity index (χ2v) is 9.08. The van der Waals surface area contributed by atoms with E-state index in [1.54, 1.807) is 18.2 Å². The summed E-state index contributed by atoms with van der Waals surface area (Å²) in [5.74, 6) is -2.01. The summed E-state index contributed by atoms with van der Waals surface area (Å²) in [5, 5.41) is 2.31. The van der Waals surface area contributed by atoms with Gasteiger partial charge in [0.25, 0.3) is 5.91 Å². The van der Waals surface area contributed by atoms with E-state index in [0.717, 1.165) is 31.0 Å². The second-order valence-electron chi connectivity index (χ2n) is 9.08. The number of nitrogens with one attached hydrogen (secondary N) is 1. The molecule has 2 aromatic carbocycles. The monoisotopic (exact) mass is 469 g/mol. The van der Waals surface area contributed by atoms with E-state index in [1.807, 2.05) is 6.07 Å². The van der Waals surface area contributed by atoms with Gasteiger partial charge in [-0.1, -0.05) is 6.07 Å². The summed E-state index contributed by atoms with van der Waals surface area (Å²) < 4.78 is 32.9. The highest BCUT2D eigenvalue weighted by molar-refractivity contribution is 6.05. The molecule has 0 aromatic heterocycles. The van der Waals surface area contributed by atoms with Gasteiger partial charge in [-0.2, -0.15) is 0 Å². The summed E-state index contributed by atoms with van der Waals surface area (Å²) in [7, 11) is 0. The molecule has 3 heterocycles. The van der Waals surface area contributed by atoms with Crippen LogP contribution >= 0.6 is 0 Å². The molecule has 3 aliphatic heterocycles. The largest absolute Gasteiger partial charge is 0.489 e. The van der Waals surface area contributed by atoms with Gasteiger partial charge >= 0.3 is 0 Å². The Balaban J connectivity index is 1.22. The SMILES string of the molecule is O=C1CCC(N2Cc3cc(OC4CCCN(Cc5ccc(F)c(F)c5)C4)ccc3C2=O)C(=O)N1. The number of piperidine rings is 2. The number of hydrogen-bond acceptors (Lipinski definition) is 5. The number of carbonyl (C=O) groups is 3. The number of imide groups is 1. The number of fused-ring (bicyclic) bond motifs is 1. The lowest BCUT2D eigenvalue weighted by Gasteiger charge is -2.33. The fourth-order valence-corrected chi connectivity index (χ4v) is 4.97. The Hall–Kier alpha value is -3.33. The van der Waals surface area contributed by atoms with Crippen LogP contribution in [-0.2, 0) is 22.7 Å². The Bertz CT molecular complexity index is 1150. The van der Waals surface area contributed by atoms with Gasteiger partial charge in [0.15, 0.2) is 11.6 Å². The maximum absolute atomic E-state index is 13.5. The number of hydrogen-bond donors (Lipinski definition) is 1. The molecule has 2 unspecified atom stereocenters. The fourth-order valence-electron chi connectivity index (χ4n) is 4.97. The minimum Gasteiger partial charge on any atom is -0.489 e. The van der Waals surface area contributed by atoms with Gasteiger partial charge in [-0.15, -0.1) is 0 Å². The van der Waals surface area contributed by atoms with Crippen molar-refractivity contribution in [3.05, 3.63) is 64.7 Å². The molecule has 2 fully saturated rings. The lowest BCUT2D eigenvalue weighted by molar-refractivity contribution is -0.136. The number of carbonyl (C=O) groups excluding carboxylic acids is 3. The molecule has 9 heteroatoms. The highest BCUT2D eigenvalue weighted by Crippen LogP contribution is 2.31. The van der Waals surface area contributed by atoms with Crippen molar-refractivity contribution in [1.82, 2.24) is 15.1 Å². The average Bonchev–Trinajstić information content (AvgIpc) is 3.12. The van der Waals surface area contributed by atoms with Gasteiger partial charge < -0.3 is 9.64 Å². The zero-order valence-electron chi connectivity index (χ0n) is 18.6. The lowest BCUT2D eigenvalue weighted by atomic mass is 10.0. The number of ether oxygens (including phenoxy) is 1. The number of benzene rings is 2. The van der Waals surface area contributed by atoms with E-state index in [1.165, 1.54) is 11.0 Å². The van der Waals surface area contributed by atoms with Gasteiger partial charge in [-0.05, 0) is 67.3 Å². The summed E-state index contributed by atoms with van der Waals surface area (Å²) in [6, 6.07) is 8.64. The number of rotatable bonds is 5. The molecule has 178 valence electrons. The first-order valence-corrected chi connectivity index (χ1v) is 11.5. The van der Waals surface area contributed by atoms with Gasteiger partial charge in [0.05, 0.1) is 0 Å². The van der Waals surface area contributed by atoms with E-state index in [0.29, 0.717) is 42.9 Å². The van der Waals surface area contributed by atoms with Crippen molar-refractivity contribution in [2.24, 2.45) is 0 Å². The number of halogens is 2. The van der Waals surface area contributed by atoms with E-state index in [2.05, 4.69) is 10.2 Å². The second kappa shape index (κ2) is 9.13. The maximum Gasteiger partial charge on any atom is 0.255 e. The summed E-state index contributed by atoms with van der Waals surface area (Å²) in [4.78, 5) is 40.2. The van der Waals surface area contributed by atoms with Gasteiger partial charge in [-0.25, -0.2) is 8.78 Å². The van der Waals surface area contributed by atoms with Gasteiger partial charge in [0.1, 0.15) is 17.9 Å². The third kappa shape index (κ3) is 4.52. The van der Waals surface area contributed by atoms with Crippen LogP contribution in [0.2, 0.25) is 0 Å². The third-order valence-electron chi connectivity index (χ3n) is 6.65. The molecule has 0 spiro atoms. The van der Waals surface area contributed by atoms with Gasteiger partial charge in [0.2, 0.25) is 11.8 Å². The van der Waals surface area contributed by atoms with E-state index >= 15 is 0 Å². The van der Waals surface area contributed by atoms with Crippen molar-refractivity contribution in [3.63, 3.8) is 0 Å². The van der Waals surface area contributed by atoms with Crippen LogP contribution in [0.3, 0.4) is 0 Å². The van der Waals surface area contributed by atoms with Crippen LogP contribution in [0, 0.1) is 11.6 Å². The zero-order chi connectivity index (χ0) is 23.8. The first-order valence-electron chi connectivity index (χ1n) is 11.5. The molecule has 34 heavy (non-hydrogen) atoms. The number of amides is 3. The zero-order valence-corrected chi connectivity index (χ0v) is 18.6. The summed E-state index contributed by atoms with van der Waals surface area (Å²) in [5.41, 5.74) is 2.05. The molecule has 7 nitrogen and oxygen atoms in total. The van der Waals surface area contributed by atoms with E-state index < -0.39 is 23.6 Å². The smallest absolute Gasteiger partial charge is 0.255 e. The fraction of sp³-hybridized carbons (Fsp3) is 0.400. The molecule has 2 saturated heterocycles. The topological polar surface area (TPSA) is 79.0 Å². The predicted molar refractivity (Wildman–Crippen MR) is 118 cm³/mol. The lowest BCUT2D eigenvalue weighted by Crippen LogP contribution is -2.52. The summed E-state index contributed by atoms with van der Waals surface area (Å²) in [6.45, 7) is 2.30. The first kappa shape index (κ1) is 22.5. The standard InChI is InChI=1S/C25H25F2N3O4/c26-20-6-3-15(10-21(20)27)12-29-9-1-2-18(14-29)34-17-4-5-19-16(11-17)13-30(25(19)33)22-7-8-23(31)28-24(22)32/h3-6,10-11,18,22H,1-2,7-9,12-14H2,(H,28,31,32).